The summed E-state index contributed by atoms with van der Waals surface area (Å²) >= 11 is 0. The summed E-state index contributed by atoms with van der Waals surface area (Å²) in [6.07, 6.45) is 9.02. The van der Waals surface area contributed by atoms with E-state index in [0.29, 0.717) is 5.92 Å². The second-order valence-electron chi connectivity index (χ2n) is 7.46. The number of fused-ring (bicyclic) bond motifs is 1. The first-order chi connectivity index (χ1) is 11.1. The van der Waals surface area contributed by atoms with Crippen molar-refractivity contribution in [2.75, 3.05) is 0 Å². The third-order valence-corrected chi connectivity index (χ3v) is 4.32. The molecule has 0 spiro atoms. The van der Waals surface area contributed by atoms with Crippen molar-refractivity contribution >= 4 is 0 Å². The second kappa shape index (κ2) is 11.3. The molecule has 0 radical (unpaired) electrons. The molecular weight excluding hydrogens is 276 g/mol. The number of benzene rings is 1. The van der Waals surface area contributed by atoms with Crippen molar-refractivity contribution in [1.29, 1.82) is 0 Å². The summed E-state index contributed by atoms with van der Waals surface area (Å²) < 4.78 is 0. The van der Waals surface area contributed by atoms with E-state index in [0.717, 1.165) is 18.3 Å². The van der Waals surface area contributed by atoms with E-state index in [1.54, 1.807) is 0 Å². The van der Waals surface area contributed by atoms with Crippen molar-refractivity contribution in [2.45, 2.75) is 85.5 Å². The predicted octanol–water partition coefficient (Wildman–Crippen LogP) is 7.43. The minimum absolute atomic E-state index is 0. The maximum Gasteiger partial charge on any atom is 0.0280 e. The van der Waals surface area contributed by atoms with E-state index in [9.17, 15) is 0 Å². The number of rotatable bonds is 6. The monoisotopic (exact) mass is 314 g/mol. The number of hydrogen-bond acceptors (Lipinski definition) is 0. The molecule has 0 N–H and O–H groups in total. The summed E-state index contributed by atoms with van der Waals surface area (Å²) in [5.74, 6) is 9.08. The largest absolute Gasteiger partial charge is 0.0979 e. The molecule has 0 nitrogen and oxygen atoms in total. The van der Waals surface area contributed by atoms with Crippen LogP contribution in [0.1, 0.15) is 98.0 Å². The molecule has 0 heterocycles. The molecule has 0 saturated carbocycles. The molecule has 0 fully saturated rings. The van der Waals surface area contributed by atoms with Gasteiger partial charge >= 0.3 is 0 Å². The molecule has 2 atom stereocenters. The van der Waals surface area contributed by atoms with E-state index in [4.69, 9.17) is 0 Å². The quantitative estimate of drug-likeness (QED) is 0.479. The van der Waals surface area contributed by atoms with E-state index in [-0.39, 0.29) is 1.43 Å². The highest BCUT2D eigenvalue weighted by Crippen LogP contribution is 2.38. The molecule has 0 aliphatic heterocycles. The van der Waals surface area contributed by atoms with Gasteiger partial charge in [-0.3, -0.25) is 0 Å². The molecule has 23 heavy (non-hydrogen) atoms. The van der Waals surface area contributed by atoms with Gasteiger partial charge in [0, 0.05) is 13.4 Å². The van der Waals surface area contributed by atoms with Crippen LogP contribution in [0.25, 0.3) is 0 Å². The number of unbranched alkanes of at least 4 members (excludes halogenated alkanes) is 1. The Bertz CT molecular complexity index is 489. The summed E-state index contributed by atoms with van der Waals surface area (Å²) in [6, 6.07) is 8.82. The Hall–Kier alpha value is -1.22. The van der Waals surface area contributed by atoms with Crippen LogP contribution in [0.4, 0.5) is 0 Å². The Morgan fingerprint density at radius 2 is 1.78 bits per heavy atom. The van der Waals surface area contributed by atoms with Crippen molar-refractivity contribution in [3.05, 3.63) is 35.4 Å². The van der Waals surface area contributed by atoms with Crippen LogP contribution in [-0.2, 0) is 0 Å². The summed E-state index contributed by atoms with van der Waals surface area (Å²) in [4.78, 5) is 0. The van der Waals surface area contributed by atoms with Crippen molar-refractivity contribution in [2.24, 2.45) is 11.8 Å². The van der Waals surface area contributed by atoms with Crippen LogP contribution in [0.3, 0.4) is 0 Å². The molecule has 0 aromatic heterocycles. The predicted molar refractivity (Wildman–Crippen MR) is 106 cm³/mol. The Morgan fingerprint density at radius 3 is 2.43 bits per heavy atom. The van der Waals surface area contributed by atoms with Crippen LogP contribution in [0.5, 0.6) is 0 Å². The molecule has 1 aliphatic rings. The number of hydrogen-bond donors (Lipinski definition) is 0. The van der Waals surface area contributed by atoms with Crippen molar-refractivity contribution in [1.82, 2.24) is 0 Å². The Labute approximate surface area is 146 Å². The fourth-order valence-corrected chi connectivity index (χ4v) is 3.35. The molecule has 0 heteroatoms. The van der Waals surface area contributed by atoms with Gasteiger partial charge in [0.1, 0.15) is 0 Å². The van der Waals surface area contributed by atoms with E-state index < -0.39 is 0 Å². The fraction of sp³-hybridized carbons (Fsp3) is 0.652. The zero-order chi connectivity index (χ0) is 17.1. The Kier molecular flexibility index (Phi) is 9.77. The molecule has 2 unspecified atom stereocenters. The van der Waals surface area contributed by atoms with Crippen LogP contribution in [0.15, 0.2) is 24.3 Å². The summed E-state index contributed by atoms with van der Waals surface area (Å²) in [6.45, 7) is 11.1. The topological polar surface area (TPSA) is 0 Å². The van der Waals surface area contributed by atoms with Gasteiger partial charge in [-0.05, 0) is 42.2 Å². The highest BCUT2D eigenvalue weighted by Gasteiger charge is 2.24. The summed E-state index contributed by atoms with van der Waals surface area (Å²) in [5.41, 5.74) is 2.80. The van der Waals surface area contributed by atoms with E-state index in [1.807, 2.05) is 0 Å². The SMILES string of the molecule is CC(C)C.CCCCC(CCC)C1CCC#Cc2ccccc21.[HH]. The minimum Gasteiger partial charge on any atom is -0.0979 e. The normalized spacial score (nSPS) is 17.2. The maximum absolute atomic E-state index is 3.36. The lowest BCUT2D eigenvalue weighted by molar-refractivity contribution is 0.344. The van der Waals surface area contributed by atoms with Gasteiger partial charge in [0.25, 0.3) is 0 Å². The van der Waals surface area contributed by atoms with Gasteiger partial charge in [-0.2, -0.15) is 0 Å². The van der Waals surface area contributed by atoms with Gasteiger partial charge in [-0.1, -0.05) is 90.3 Å². The Morgan fingerprint density at radius 1 is 1.09 bits per heavy atom. The molecule has 130 valence electrons. The van der Waals surface area contributed by atoms with Crippen molar-refractivity contribution < 1.29 is 1.43 Å². The van der Waals surface area contributed by atoms with Gasteiger partial charge < -0.3 is 0 Å². The summed E-state index contributed by atoms with van der Waals surface area (Å²) in [7, 11) is 0. The first-order valence-electron chi connectivity index (χ1n) is 9.67. The molecule has 0 saturated heterocycles. The average molecular weight is 315 g/mol. The van der Waals surface area contributed by atoms with Gasteiger partial charge in [0.2, 0.25) is 0 Å². The molecule has 1 aliphatic carbocycles. The zero-order valence-corrected chi connectivity index (χ0v) is 16.0. The zero-order valence-electron chi connectivity index (χ0n) is 16.0. The van der Waals surface area contributed by atoms with E-state index in [1.165, 1.54) is 49.7 Å². The molecule has 1 aromatic rings. The first-order valence-corrected chi connectivity index (χ1v) is 9.67. The smallest absolute Gasteiger partial charge is 0.0280 e. The lowest BCUT2D eigenvalue weighted by Crippen LogP contribution is -2.14. The van der Waals surface area contributed by atoms with Crippen LogP contribution in [0.2, 0.25) is 0 Å². The lowest BCUT2D eigenvalue weighted by Gasteiger charge is -2.27. The van der Waals surface area contributed by atoms with E-state index >= 15 is 0 Å². The average Bonchev–Trinajstić information content (AvgIpc) is 2.73. The van der Waals surface area contributed by atoms with Gasteiger partial charge in [-0.25, -0.2) is 0 Å². The van der Waals surface area contributed by atoms with Crippen molar-refractivity contribution in [3.63, 3.8) is 0 Å². The molecule has 0 amide bonds. The lowest BCUT2D eigenvalue weighted by atomic mass is 9.77. The second-order valence-corrected chi connectivity index (χ2v) is 7.46. The maximum atomic E-state index is 3.36. The highest BCUT2D eigenvalue weighted by atomic mass is 14.3. The highest BCUT2D eigenvalue weighted by molar-refractivity contribution is 5.44. The standard InChI is InChI=1S/C19H26.C4H10.H2/c1-3-5-11-16(10-4-2)18-14-8-6-12-17-13-7-9-15-19(17)18;1-4(2)3;/h7,9,13,15-16,18H,3-5,8,10-11,14H2,1-2H3;4H,1-3H3;1H. The third kappa shape index (κ3) is 7.26. The van der Waals surface area contributed by atoms with Crippen LogP contribution >= 0.6 is 0 Å². The fourth-order valence-electron chi connectivity index (χ4n) is 3.35. The van der Waals surface area contributed by atoms with Gasteiger partial charge in [-0.15, -0.1) is 0 Å². The molecular formula is C23H38. The van der Waals surface area contributed by atoms with Crippen molar-refractivity contribution in [3.8, 4) is 11.8 Å². The van der Waals surface area contributed by atoms with Crippen LogP contribution < -0.4 is 0 Å². The van der Waals surface area contributed by atoms with Crippen LogP contribution in [-0.4, -0.2) is 0 Å². The molecule has 0 bridgehead atoms. The third-order valence-electron chi connectivity index (χ3n) is 4.32. The first kappa shape index (κ1) is 19.8. The molecule has 1 aromatic carbocycles. The summed E-state index contributed by atoms with van der Waals surface area (Å²) in [5, 5.41) is 0. The minimum atomic E-state index is 0. The van der Waals surface area contributed by atoms with Crippen LogP contribution in [0, 0.1) is 23.7 Å². The van der Waals surface area contributed by atoms with Gasteiger partial charge in [0.05, 0.1) is 0 Å². The van der Waals surface area contributed by atoms with Gasteiger partial charge in [0.15, 0.2) is 0 Å². The van der Waals surface area contributed by atoms with E-state index in [2.05, 4.69) is 70.7 Å². The molecule has 2 rings (SSSR count). The Balaban J connectivity index is 0.000000954.